The van der Waals surface area contributed by atoms with E-state index in [-0.39, 0.29) is 0 Å². The fourth-order valence-electron chi connectivity index (χ4n) is 2.58. The first-order valence-electron chi connectivity index (χ1n) is 6.67. The van der Waals surface area contributed by atoms with Gasteiger partial charge in [-0.25, -0.2) is 0 Å². The molecule has 0 bridgehead atoms. The molecule has 2 atom stereocenters. The van der Waals surface area contributed by atoms with Crippen molar-refractivity contribution in [1.82, 2.24) is 9.78 Å². The maximum atomic E-state index is 5.93. The van der Waals surface area contributed by atoms with Gasteiger partial charge in [0.15, 0.2) is 0 Å². The maximum absolute atomic E-state index is 5.93. The Labute approximate surface area is 103 Å². The summed E-state index contributed by atoms with van der Waals surface area (Å²) < 4.78 is 7.77. The van der Waals surface area contributed by atoms with Gasteiger partial charge in [0.1, 0.15) is 0 Å². The van der Waals surface area contributed by atoms with Crippen LogP contribution in [0.5, 0.6) is 0 Å². The van der Waals surface area contributed by atoms with Crippen LogP contribution in [-0.2, 0) is 11.3 Å². The molecule has 0 spiro atoms. The zero-order valence-electron chi connectivity index (χ0n) is 10.6. The van der Waals surface area contributed by atoms with Crippen molar-refractivity contribution in [2.75, 3.05) is 12.3 Å². The van der Waals surface area contributed by atoms with Gasteiger partial charge in [0.2, 0.25) is 0 Å². The van der Waals surface area contributed by atoms with Crippen LogP contribution in [0.2, 0.25) is 0 Å². The van der Waals surface area contributed by atoms with Crippen LogP contribution in [-0.4, -0.2) is 22.5 Å². The molecule has 0 aromatic carbocycles. The van der Waals surface area contributed by atoms with Crippen LogP contribution in [0, 0.1) is 5.92 Å². The molecule has 2 rings (SSSR count). The lowest BCUT2D eigenvalue weighted by Gasteiger charge is -2.28. The predicted molar refractivity (Wildman–Crippen MR) is 68.6 cm³/mol. The van der Waals surface area contributed by atoms with E-state index in [0.717, 1.165) is 19.1 Å². The monoisotopic (exact) mass is 237 g/mol. The summed E-state index contributed by atoms with van der Waals surface area (Å²) in [6, 6.07) is 0. The average molecular weight is 237 g/mol. The molecule has 17 heavy (non-hydrogen) atoms. The Morgan fingerprint density at radius 3 is 3.12 bits per heavy atom. The van der Waals surface area contributed by atoms with Crippen LogP contribution in [0.4, 0.5) is 5.69 Å². The summed E-state index contributed by atoms with van der Waals surface area (Å²) in [6.07, 6.45) is 10.4. The van der Waals surface area contributed by atoms with E-state index in [4.69, 9.17) is 10.5 Å². The van der Waals surface area contributed by atoms with E-state index in [1.54, 1.807) is 6.20 Å². The molecule has 1 aliphatic carbocycles. The molecule has 4 heteroatoms. The summed E-state index contributed by atoms with van der Waals surface area (Å²) in [6.45, 7) is 3.81. The summed E-state index contributed by atoms with van der Waals surface area (Å²) in [5.41, 5.74) is 6.32. The van der Waals surface area contributed by atoms with Gasteiger partial charge in [0.25, 0.3) is 0 Å². The van der Waals surface area contributed by atoms with Gasteiger partial charge in [0.05, 0.1) is 31.1 Å². The SMILES string of the molecule is CCC1CCCC(OCCn2cc(N)cn2)C1. The molecule has 1 fully saturated rings. The van der Waals surface area contributed by atoms with Crippen molar-refractivity contribution in [3.05, 3.63) is 12.4 Å². The largest absolute Gasteiger partial charge is 0.396 e. The van der Waals surface area contributed by atoms with Gasteiger partial charge in [-0.05, 0) is 18.8 Å². The predicted octanol–water partition coefficient (Wildman–Crippen LogP) is 2.45. The molecule has 0 aliphatic heterocycles. The van der Waals surface area contributed by atoms with Crippen molar-refractivity contribution in [2.45, 2.75) is 51.7 Å². The van der Waals surface area contributed by atoms with Gasteiger partial charge in [-0.3, -0.25) is 4.68 Å². The molecule has 1 aromatic heterocycles. The minimum absolute atomic E-state index is 0.460. The Morgan fingerprint density at radius 2 is 2.41 bits per heavy atom. The molecular weight excluding hydrogens is 214 g/mol. The molecule has 2 N–H and O–H groups in total. The molecule has 0 amide bonds. The lowest BCUT2D eigenvalue weighted by molar-refractivity contribution is 0.00768. The number of hydrogen-bond acceptors (Lipinski definition) is 3. The number of anilines is 1. The van der Waals surface area contributed by atoms with E-state index >= 15 is 0 Å². The minimum Gasteiger partial charge on any atom is -0.396 e. The number of nitrogens with two attached hydrogens (primary N) is 1. The fourth-order valence-corrected chi connectivity index (χ4v) is 2.58. The number of rotatable bonds is 5. The second-order valence-electron chi connectivity index (χ2n) is 4.97. The van der Waals surface area contributed by atoms with Gasteiger partial charge in [-0.1, -0.05) is 26.2 Å². The third-order valence-electron chi connectivity index (χ3n) is 3.64. The first-order valence-corrected chi connectivity index (χ1v) is 6.67. The standard InChI is InChI=1S/C13H23N3O/c1-2-11-4-3-5-13(8-11)17-7-6-16-10-12(14)9-15-16/h9-11,13H,2-8,14H2,1H3. The van der Waals surface area contributed by atoms with E-state index in [1.165, 1.54) is 32.1 Å². The maximum Gasteiger partial charge on any atom is 0.0719 e. The highest BCUT2D eigenvalue weighted by molar-refractivity contribution is 5.30. The Bertz CT molecular complexity index is 337. The van der Waals surface area contributed by atoms with E-state index in [2.05, 4.69) is 12.0 Å². The van der Waals surface area contributed by atoms with Crippen LogP contribution >= 0.6 is 0 Å². The van der Waals surface area contributed by atoms with Gasteiger partial charge in [-0.2, -0.15) is 5.10 Å². The zero-order valence-corrected chi connectivity index (χ0v) is 10.6. The first-order chi connectivity index (χ1) is 8.28. The van der Waals surface area contributed by atoms with Crippen molar-refractivity contribution >= 4 is 5.69 Å². The third-order valence-corrected chi connectivity index (χ3v) is 3.64. The topological polar surface area (TPSA) is 53.1 Å². The number of nitrogen functional groups attached to an aromatic ring is 1. The molecular formula is C13H23N3O. The van der Waals surface area contributed by atoms with Crippen LogP contribution in [0.3, 0.4) is 0 Å². The summed E-state index contributed by atoms with van der Waals surface area (Å²) in [5.74, 6) is 0.870. The van der Waals surface area contributed by atoms with Crippen molar-refractivity contribution < 1.29 is 4.74 Å². The van der Waals surface area contributed by atoms with Crippen molar-refractivity contribution in [1.29, 1.82) is 0 Å². The summed E-state index contributed by atoms with van der Waals surface area (Å²) in [7, 11) is 0. The number of nitrogens with zero attached hydrogens (tertiary/aromatic N) is 2. The Hall–Kier alpha value is -1.03. The lowest BCUT2D eigenvalue weighted by atomic mass is 9.85. The molecule has 4 nitrogen and oxygen atoms in total. The fraction of sp³-hybridized carbons (Fsp3) is 0.769. The number of ether oxygens (including phenoxy) is 1. The van der Waals surface area contributed by atoms with Gasteiger partial charge in [-0.15, -0.1) is 0 Å². The van der Waals surface area contributed by atoms with Crippen molar-refractivity contribution in [3.8, 4) is 0 Å². The minimum atomic E-state index is 0.460. The molecule has 1 heterocycles. The Morgan fingerprint density at radius 1 is 1.53 bits per heavy atom. The zero-order chi connectivity index (χ0) is 12.1. The molecule has 2 unspecified atom stereocenters. The first kappa shape index (κ1) is 12.4. The van der Waals surface area contributed by atoms with E-state index in [9.17, 15) is 0 Å². The lowest BCUT2D eigenvalue weighted by Crippen LogP contribution is -2.24. The highest BCUT2D eigenvalue weighted by Gasteiger charge is 2.20. The smallest absolute Gasteiger partial charge is 0.0719 e. The molecule has 0 radical (unpaired) electrons. The average Bonchev–Trinajstić information content (AvgIpc) is 2.75. The molecule has 0 saturated heterocycles. The second-order valence-corrected chi connectivity index (χ2v) is 4.97. The quantitative estimate of drug-likeness (QED) is 0.855. The van der Waals surface area contributed by atoms with Gasteiger partial charge >= 0.3 is 0 Å². The Balaban J connectivity index is 1.68. The summed E-state index contributed by atoms with van der Waals surface area (Å²) in [5, 5.41) is 4.14. The van der Waals surface area contributed by atoms with E-state index in [1.807, 2.05) is 10.9 Å². The van der Waals surface area contributed by atoms with E-state index < -0.39 is 0 Å². The highest BCUT2D eigenvalue weighted by Crippen LogP contribution is 2.28. The normalized spacial score (nSPS) is 25.0. The number of aromatic nitrogens is 2. The van der Waals surface area contributed by atoms with Crippen molar-refractivity contribution in [3.63, 3.8) is 0 Å². The van der Waals surface area contributed by atoms with Crippen LogP contribution in [0.15, 0.2) is 12.4 Å². The molecule has 96 valence electrons. The summed E-state index contributed by atoms with van der Waals surface area (Å²) in [4.78, 5) is 0. The molecule has 1 aliphatic rings. The Kier molecular flexibility index (Phi) is 4.42. The van der Waals surface area contributed by atoms with Crippen LogP contribution in [0.25, 0.3) is 0 Å². The third kappa shape index (κ3) is 3.73. The number of hydrogen-bond donors (Lipinski definition) is 1. The second kappa shape index (κ2) is 6.05. The van der Waals surface area contributed by atoms with Crippen LogP contribution in [0.1, 0.15) is 39.0 Å². The van der Waals surface area contributed by atoms with Gasteiger partial charge < -0.3 is 10.5 Å². The molecule has 1 saturated carbocycles. The van der Waals surface area contributed by atoms with Crippen LogP contribution < -0.4 is 5.73 Å². The summed E-state index contributed by atoms with van der Waals surface area (Å²) >= 11 is 0. The van der Waals surface area contributed by atoms with E-state index in [0.29, 0.717) is 11.8 Å². The van der Waals surface area contributed by atoms with Gasteiger partial charge in [0, 0.05) is 6.20 Å². The van der Waals surface area contributed by atoms with Crippen molar-refractivity contribution in [2.24, 2.45) is 5.92 Å². The highest BCUT2D eigenvalue weighted by atomic mass is 16.5. The molecule has 1 aromatic rings.